The molecule has 0 amide bonds. The number of hydrogen-bond donors (Lipinski definition) is 1. The Morgan fingerprint density at radius 3 is 2.04 bits per heavy atom. The molecule has 0 spiro atoms. The smallest absolute Gasteiger partial charge is 0.128 e. The molecule has 6 heteroatoms. The molecule has 3 rings (SSSR count). The number of hydrogen-bond acceptors (Lipinski definition) is 3. The van der Waals surface area contributed by atoms with E-state index in [9.17, 15) is 0 Å². The molecule has 28 heavy (non-hydrogen) atoms. The number of nitrogens with zero attached hydrogens (tertiary/aromatic N) is 2. The molecule has 2 aromatic carbocycles. The summed E-state index contributed by atoms with van der Waals surface area (Å²) in [6, 6.07) is 14.4. The van der Waals surface area contributed by atoms with Crippen LogP contribution < -0.4 is 4.74 Å². The van der Waals surface area contributed by atoms with Gasteiger partial charge in [-0.25, -0.2) is 0 Å². The van der Waals surface area contributed by atoms with E-state index >= 15 is 0 Å². The summed E-state index contributed by atoms with van der Waals surface area (Å²) in [5, 5.41) is 8.51. The van der Waals surface area contributed by atoms with E-state index in [1.165, 1.54) is 16.7 Å². The molecule has 1 saturated heterocycles. The van der Waals surface area contributed by atoms with Crippen LogP contribution in [0.2, 0.25) is 0 Å². The van der Waals surface area contributed by atoms with Crippen molar-refractivity contribution in [2.45, 2.75) is 20.8 Å². The van der Waals surface area contributed by atoms with Gasteiger partial charge in [-0.15, -0.1) is 24.8 Å². The molecule has 0 radical (unpaired) electrons. The number of benzene rings is 2. The van der Waals surface area contributed by atoms with E-state index in [1.807, 2.05) is 18.2 Å². The van der Waals surface area contributed by atoms with Gasteiger partial charge in [0.2, 0.25) is 0 Å². The van der Waals surface area contributed by atoms with Crippen molar-refractivity contribution in [1.29, 1.82) is 5.41 Å². The third-order valence-electron chi connectivity index (χ3n) is 5.15. The van der Waals surface area contributed by atoms with E-state index in [1.54, 1.807) is 0 Å². The Morgan fingerprint density at radius 2 is 1.43 bits per heavy atom. The number of para-hydroxylation sites is 1. The van der Waals surface area contributed by atoms with Crippen molar-refractivity contribution in [1.82, 2.24) is 9.80 Å². The highest BCUT2D eigenvalue weighted by Crippen LogP contribution is 2.22. The monoisotopic (exact) mass is 423 g/mol. The zero-order chi connectivity index (χ0) is 18.5. The number of rotatable bonds is 5. The van der Waals surface area contributed by atoms with Crippen LogP contribution in [0.3, 0.4) is 0 Å². The van der Waals surface area contributed by atoms with E-state index < -0.39 is 0 Å². The third-order valence-corrected chi connectivity index (χ3v) is 5.15. The Kier molecular flexibility index (Phi) is 9.80. The normalized spacial score (nSPS) is 14.0. The highest BCUT2D eigenvalue weighted by atomic mass is 35.5. The van der Waals surface area contributed by atoms with E-state index in [-0.39, 0.29) is 24.8 Å². The van der Waals surface area contributed by atoms with Crippen LogP contribution in [-0.2, 0) is 0 Å². The standard InChI is InChI=1S/C22H29N3O.2ClH/c1-17-7-4-5-10-20(17)22(23)25-13-11-24(12-14-25)15-16-26-21-18(2)8-6-9-19(21)3;;/h4-10,23H,11-16H2,1-3H3;2*1H. The average Bonchev–Trinajstić information content (AvgIpc) is 2.64. The molecule has 1 aliphatic heterocycles. The highest BCUT2D eigenvalue weighted by Gasteiger charge is 2.20. The maximum absolute atomic E-state index is 8.51. The molecule has 0 atom stereocenters. The highest BCUT2D eigenvalue weighted by molar-refractivity contribution is 5.97. The lowest BCUT2D eigenvalue weighted by molar-refractivity contribution is 0.153. The van der Waals surface area contributed by atoms with Crippen LogP contribution in [0, 0.1) is 26.2 Å². The van der Waals surface area contributed by atoms with Crippen LogP contribution in [0.5, 0.6) is 5.75 Å². The molecular formula is C22H31Cl2N3O. The predicted octanol–water partition coefficient (Wildman–Crippen LogP) is 4.48. The van der Waals surface area contributed by atoms with Crippen molar-refractivity contribution in [3.8, 4) is 5.75 Å². The minimum absolute atomic E-state index is 0. The summed E-state index contributed by atoms with van der Waals surface area (Å²) in [6.07, 6.45) is 0. The molecule has 1 aliphatic rings. The topological polar surface area (TPSA) is 39.6 Å². The Balaban J connectivity index is 0.00000196. The maximum atomic E-state index is 8.51. The zero-order valence-electron chi connectivity index (χ0n) is 16.9. The molecule has 0 bridgehead atoms. The fraction of sp³-hybridized carbons (Fsp3) is 0.409. The number of aryl methyl sites for hydroxylation is 3. The molecule has 0 unspecified atom stereocenters. The molecule has 154 valence electrons. The van der Waals surface area contributed by atoms with Crippen molar-refractivity contribution >= 4 is 30.6 Å². The molecule has 1 N–H and O–H groups in total. The van der Waals surface area contributed by atoms with Crippen molar-refractivity contribution in [2.24, 2.45) is 0 Å². The van der Waals surface area contributed by atoms with Crippen LogP contribution in [0.1, 0.15) is 22.3 Å². The van der Waals surface area contributed by atoms with Crippen LogP contribution in [0.25, 0.3) is 0 Å². The maximum Gasteiger partial charge on any atom is 0.128 e. The number of amidine groups is 1. The Bertz CT molecular complexity index is 754. The van der Waals surface area contributed by atoms with Gasteiger partial charge in [-0.1, -0.05) is 42.5 Å². The van der Waals surface area contributed by atoms with Gasteiger partial charge < -0.3 is 9.64 Å². The van der Waals surface area contributed by atoms with E-state index in [0.29, 0.717) is 12.4 Å². The number of nitrogens with one attached hydrogen (secondary N) is 1. The van der Waals surface area contributed by atoms with Crippen LogP contribution >= 0.6 is 24.8 Å². The fourth-order valence-corrected chi connectivity index (χ4v) is 3.51. The van der Waals surface area contributed by atoms with Gasteiger partial charge in [0.15, 0.2) is 0 Å². The van der Waals surface area contributed by atoms with Gasteiger partial charge in [-0.2, -0.15) is 0 Å². The summed E-state index contributed by atoms with van der Waals surface area (Å²) < 4.78 is 6.03. The molecular weight excluding hydrogens is 393 g/mol. The van der Waals surface area contributed by atoms with Gasteiger partial charge in [-0.05, 0) is 37.5 Å². The summed E-state index contributed by atoms with van der Waals surface area (Å²) >= 11 is 0. The molecule has 0 saturated carbocycles. The average molecular weight is 424 g/mol. The zero-order valence-corrected chi connectivity index (χ0v) is 18.5. The Labute approximate surface area is 181 Å². The lowest BCUT2D eigenvalue weighted by Gasteiger charge is -2.36. The summed E-state index contributed by atoms with van der Waals surface area (Å²) in [7, 11) is 0. The minimum Gasteiger partial charge on any atom is -0.492 e. The second kappa shape index (κ2) is 11.3. The van der Waals surface area contributed by atoms with Crippen molar-refractivity contribution in [2.75, 3.05) is 39.3 Å². The first-order valence-corrected chi connectivity index (χ1v) is 9.37. The lowest BCUT2D eigenvalue weighted by Crippen LogP contribution is -2.49. The van der Waals surface area contributed by atoms with Gasteiger partial charge in [-0.3, -0.25) is 10.3 Å². The molecule has 1 fully saturated rings. The molecule has 1 heterocycles. The first-order chi connectivity index (χ1) is 12.6. The quantitative estimate of drug-likeness (QED) is 0.569. The first kappa shape index (κ1) is 24.3. The summed E-state index contributed by atoms with van der Waals surface area (Å²) in [6.45, 7) is 11.7. The van der Waals surface area contributed by atoms with E-state index in [4.69, 9.17) is 10.1 Å². The molecule has 4 nitrogen and oxygen atoms in total. The first-order valence-electron chi connectivity index (χ1n) is 9.37. The van der Waals surface area contributed by atoms with Gasteiger partial charge in [0.05, 0.1) is 0 Å². The number of ether oxygens (including phenoxy) is 1. The second-order valence-electron chi connectivity index (χ2n) is 7.06. The van der Waals surface area contributed by atoms with Gasteiger partial charge in [0.1, 0.15) is 18.2 Å². The second-order valence-corrected chi connectivity index (χ2v) is 7.06. The van der Waals surface area contributed by atoms with E-state index in [2.05, 4.69) is 54.8 Å². The Morgan fingerprint density at radius 1 is 0.857 bits per heavy atom. The van der Waals surface area contributed by atoms with Gasteiger partial charge in [0.25, 0.3) is 0 Å². The van der Waals surface area contributed by atoms with Crippen molar-refractivity contribution in [3.05, 3.63) is 64.7 Å². The molecule has 0 aliphatic carbocycles. The van der Waals surface area contributed by atoms with E-state index in [0.717, 1.165) is 44.0 Å². The fourth-order valence-electron chi connectivity index (χ4n) is 3.51. The Hall–Kier alpha value is -1.75. The van der Waals surface area contributed by atoms with Crippen LogP contribution in [-0.4, -0.2) is 55.0 Å². The predicted molar refractivity (Wildman–Crippen MR) is 122 cm³/mol. The van der Waals surface area contributed by atoms with Gasteiger partial charge >= 0.3 is 0 Å². The van der Waals surface area contributed by atoms with Gasteiger partial charge in [0, 0.05) is 38.3 Å². The SMILES string of the molecule is Cc1ccccc1C(=N)N1CCN(CCOc2c(C)cccc2C)CC1.Cl.Cl. The van der Waals surface area contributed by atoms with Crippen LogP contribution in [0.15, 0.2) is 42.5 Å². The van der Waals surface area contributed by atoms with Crippen molar-refractivity contribution < 1.29 is 4.74 Å². The lowest BCUT2D eigenvalue weighted by atomic mass is 10.1. The number of piperazine rings is 1. The largest absolute Gasteiger partial charge is 0.492 e. The molecule has 0 aromatic heterocycles. The summed E-state index contributed by atoms with van der Waals surface area (Å²) in [4.78, 5) is 4.61. The summed E-state index contributed by atoms with van der Waals surface area (Å²) in [5.74, 6) is 1.67. The minimum atomic E-state index is 0. The van der Waals surface area contributed by atoms with Crippen LogP contribution in [0.4, 0.5) is 0 Å². The summed E-state index contributed by atoms with van der Waals surface area (Å²) in [5.41, 5.74) is 4.60. The number of halogens is 2. The van der Waals surface area contributed by atoms with Crippen molar-refractivity contribution in [3.63, 3.8) is 0 Å². The third kappa shape index (κ3) is 5.87. The molecule has 2 aromatic rings.